The Morgan fingerprint density at radius 2 is 0.731 bits per heavy atom. The molecule has 3 nitrogen and oxygen atoms in total. The molecule has 0 bridgehead atoms. The summed E-state index contributed by atoms with van der Waals surface area (Å²) in [6.07, 6.45) is 0. The van der Waals surface area contributed by atoms with Crippen LogP contribution < -0.4 is 0 Å². The Kier molecular flexibility index (Phi) is 6.74. The van der Waals surface area contributed by atoms with Gasteiger partial charge in [0.2, 0.25) is 0 Å². The molecule has 0 unspecified atom stereocenters. The van der Waals surface area contributed by atoms with Gasteiger partial charge in [-0.3, -0.25) is 0 Å². The molecular formula is C49H35N3. The van der Waals surface area contributed by atoms with Crippen molar-refractivity contribution >= 4 is 0 Å². The zero-order valence-electron chi connectivity index (χ0n) is 29.1. The van der Waals surface area contributed by atoms with Crippen LogP contribution in [0.2, 0.25) is 0 Å². The molecule has 2 aliphatic carbocycles. The van der Waals surface area contributed by atoms with Crippen molar-refractivity contribution in [2.75, 3.05) is 0 Å². The van der Waals surface area contributed by atoms with Crippen LogP contribution in [0.5, 0.6) is 0 Å². The molecular weight excluding hydrogens is 631 g/mol. The smallest absolute Gasteiger partial charge is 0.164 e. The lowest BCUT2D eigenvalue weighted by molar-refractivity contribution is 0.563. The van der Waals surface area contributed by atoms with E-state index in [1.54, 1.807) is 0 Å². The molecule has 0 saturated heterocycles. The fourth-order valence-electron chi connectivity index (χ4n) is 8.82. The molecule has 0 atom stereocenters. The first-order valence-electron chi connectivity index (χ1n) is 18.0. The number of hydrogen-bond acceptors (Lipinski definition) is 3. The van der Waals surface area contributed by atoms with Gasteiger partial charge in [-0.1, -0.05) is 178 Å². The Morgan fingerprint density at radius 1 is 0.308 bits per heavy atom. The fourth-order valence-corrected chi connectivity index (χ4v) is 8.82. The lowest BCUT2D eigenvalue weighted by Crippen LogP contribution is -2.40. The van der Waals surface area contributed by atoms with Crippen LogP contribution in [0, 0.1) is 0 Å². The third-order valence-electron chi connectivity index (χ3n) is 11.2. The van der Waals surface area contributed by atoms with E-state index in [9.17, 15) is 0 Å². The second-order valence-corrected chi connectivity index (χ2v) is 14.4. The molecule has 7 aromatic carbocycles. The largest absolute Gasteiger partial charge is 0.208 e. The number of hydrogen-bond donors (Lipinski definition) is 0. The molecule has 8 aromatic rings. The zero-order valence-corrected chi connectivity index (χ0v) is 29.1. The van der Waals surface area contributed by atoms with Crippen LogP contribution in [0.15, 0.2) is 176 Å². The topological polar surface area (TPSA) is 38.7 Å². The summed E-state index contributed by atoms with van der Waals surface area (Å²) in [5, 5.41) is 0. The number of fused-ring (bicyclic) bond motifs is 9. The summed E-state index contributed by atoms with van der Waals surface area (Å²) in [4.78, 5) is 15.0. The van der Waals surface area contributed by atoms with E-state index >= 15 is 0 Å². The first-order chi connectivity index (χ1) is 25.5. The first kappa shape index (κ1) is 30.4. The van der Waals surface area contributed by atoms with E-state index in [-0.39, 0.29) is 5.41 Å². The number of benzene rings is 7. The molecule has 52 heavy (non-hydrogen) atoms. The molecule has 0 radical (unpaired) electrons. The first-order valence-corrected chi connectivity index (χ1v) is 18.0. The molecule has 1 aromatic heterocycles. The van der Waals surface area contributed by atoms with Crippen LogP contribution >= 0.6 is 0 Å². The van der Waals surface area contributed by atoms with Gasteiger partial charge >= 0.3 is 0 Å². The summed E-state index contributed by atoms with van der Waals surface area (Å²) >= 11 is 0. The fraction of sp³-hybridized carbons (Fsp3) is 0.0816. The van der Waals surface area contributed by atoms with Crippen LogP contribution in [0.3, 0.4) is 0 Å². The van der Waals surface area contributed by atoms with Gasteiger partial charge in [-0.15, -0.1) is 0 Å². The van der Waals surface area contributed by atoms with Crippen molar-refractivity contribution in [2.24, 2.45) is 0 Å². The highest BCUT2D eigenvalue weighted by atomic mass is 15.0. The van der Waals surface area contributed by atoms with Crippen LogP contribution in [0.4, 0.5) is 0 Å². The molecule has 0 fully saturated rings. The maximum atomic E-state index is 5.03. The predicted octanol–water partition coefficient (Wildman–Crippen LogP) is 11.5. The van der Waals surface area contributed by atoms with E-state index in [1.807, 2.05) is 60.7 Å². The van der Waals surface area contributed by atoms with Crippen LogP contribution in [-0.4, -0.2) is 15.0 Å². The summed E-state index contributed by atoms with van der Waals surface area (Å²) in [5.41, 5.74) is 15.3. The van der Waals surface area contributed by atoms with Gasteiger partial charge in [0, 0.05) is 22.1 Å². The molecule has 0 saturated carbocycles. The second-order valence-electron chi connectivity index (χ2n) is 14.4. The number of nitrogens with zero attached hydrogens (tertiary/aromatic N) is 3. The van der Waals surface area contributed by atoms with Crippen molar-refractivity contribution in [2.45, 2.75) is 24.7 Å². The van der Waals surface area contributed by atoms with E-state index in [0.717, 1.165) is 27.8 Å². The lowest BCUT2D eigenvalue weighted by atomic mass is 9.55. The molecule has 0 N–H and O–H groups in total. The summed E-state index contributed by atoms with van der Waals surface area (Å²) in [7, 11) is 0. The third-order valence-corrected chi connectivity index (χ3v) is 11.2. The van der Waals surface area contributed by atoms with Gasteiger partial charge < -0.3 is 0 Å². The lowest BCUT2D eigenvalue weighted by Gasteiger charge is -2.46. The van der Waals surface area contributed by atoms with Crippen LogP contribution in [0.1, 0.15) is 47.2 Å². The van der Waals surface area contributed by atoms with Gasteiger partial charge in [0.25, 0.3) is 0 Å². The summed E-state index contributed by atoms with van der Waals surface area (Å²) in [5.74, 6) is 1.96. The Bertz CT molecular complexity index is 2550. The Hall–Kier alpha value is -6.45. The van der Waals surface area contributed by atoms with Gasteiger partial charge in [0.1, 0.15) is 0 Å². The van der Waals surface area contributed by atoms with Crippen molar-refractivity contribution in [3.63, 3.8) is 0 Å². The SMILES string of the molecule is CC1(C)c2ccccc2C2(c3ccccc3-c3ccc(-c4cccc(-c5nc(-c6ccccc6)nc(-c6ccccc6)n5)c4)cc32)c2ccccc21. The van der Waals surface area contributed by atoms with E-state index in [4.69, 9.17) is 15.0 Å². The highest BCUT2D eigenvalue weighted by Crippen LogP contribution is 2.62. The Morgan fingerprint density at radius 3 is 1.33 bits per heavy atom. The number of rotatable bonds is 4. The Labute approximate surface area is 304 Å². The minimum absolute atomic E-state index is 0.135. The highest BCUT2D eigenvalue weighted by Gasteiger charge is 2.53. The van der Waals surface area contributed by atoms with Crippen molar-refractivity contribution in [1.82, 2.24) is 15.0 Å². The Balaban J connectivity index is 1.17. The van der Waals surface area contributed by atoms with Crippen molar-refractivity contribution in [3.8, 4) is 56.4 Å². The molecule has 0 aliphatic heterocycles. The van der Waals surface area contributed by atoms with Crippen molar-refractivity contribution < 1.29 is 0 Å². The van der Waals surface area contributed by atoms with Gasteiger partial charge in [-0.05, 0) is 67.8 Å². The molecule has 3 heteroatoms. The van der Waals surface area contributed by atoms with Crippen molar-refractivity contribution in [1.29, 1.82) is 0 Å². The van der Waals surface area contributed by atoms with E-state index in [2.05, 4.69) is 129 Å². The molecule has 2 aliphatic rings. The minimum Gasteiger partial charge on any atom is -0.208 e. The summed E-state index contributed by atoms with van der Waals surface area (Å²) < 4.78 is 0. The van der Waals surface area contributed by atoms with Crippen molar-refractivity contribution in [3.05, 3.63) is 209 Å². The second kappa shape index (κ2) is 11.5. The molecule has 1 heterocycles. The average molecular weight is 666 g/mol. The maximum Gasteiger partial charge on any atom is 0.164 e. The van der Waals surface area contributed by atoms with Gasteiger partial charge in [0.05, 0.1) is 5.41 Å². The third kappa shape index (κ3) is 4.42. The molecule has 246 valence electrons. The van der Waals surface area contributed by atoms with Crippen LogP contribution in [0.25, 0.3) is 56.4 Å². The van der Waals surface area contributed by atoms with Crippen LogP contribution in [-0.2, 0) is 10.8 Å². The molecule has 10 rings (SSSR count). The average Bonchev–Trinajstić information content (AvgIpc) is 3.51. The van der Waals surface area contributed by atoms with E-state index in [1.165, 1.54) is 44.5 Å². The maximum absolute atomic E-state index is 5.03. The highest BCUT2D eigenvalue weighted by molar-refractivity contribution is 5.90. The van der Waals surface area contributed by atoms with Gasteiger partial charge in [-0.2, -0.15) is 0 Å². The monoisotopic (exact) mass is 665 g/mol. The predicted molar refractivity (Wildman–Crippen MR) is 211 cm³/mol. The molecule has 0 amide bonds. The van der Waals surface area contributed by atoms with E-state index in [0.29, 0.717) is 17.5 Å². The van der Waals surface area contributed by atoms with Gasteiger partial charge in [-0.25, -0.2) is 15.0 Å². The van der Waals surface area contributed by atoms with E-state index < -0.39 is 5.41 Å². The number of aromatic nitrogens is 3. The normalized spacial score (nSPS) is 14.3. The molecule has 1 spiro atoms. The standard InChI is InChI=1S/C49H35N3/c1-48(2)40-24-11-13-26-42(40)49(43-27-14-12-25-41(43)48)39-23-10-9-22-37(39)38-29-28-35(31-44(38)49)34-20-15-21-36(30-34)47-51-45(32-16-5-3-6-17-32)50-46(52-47)33-18-7-4-8-19-33/h3-31H,1-2H3. The summed E-state index contributed by atoms with van der Waals surface area (Å²) in [6.45, 7) is 4.74. The minimum atomic E-state index is -0.439. The summed E-state index contributed by atoms with van der Waals surface area (Å²) in [6, 6.07) is 63.2. The zero-order chi connectivity index (χ0) is 34.9. The van der Waals surface area contributed by atoms with Gasteiger partial charge in [0.15, 0.2) is 17.5 Å². The quantitative estimate of drug-likeness (QED) is 0.188.